The molecule has 4 N–H and O–H groups in total. The van der Waals surface area contributed by atoms with Crippen molar-refractivity contribution in [3.8, 4) is 0 Å². The number of sulfonamides is 1. The highest BCUT2D eigenvalue weighted by atomic mass is 32.2. The Kier molecular flexibility index (Phi) is 3.75. The Morgan fingerprint density at radius 3 is 2.94 bits per heavy atom. The fraction of sp³-hybridized carbons (Fsp3) is 0.333. The van der Waals surface area contributed by atoms with Gasteiger partial charge >= 0.3 is 0 Å². The van der Waals surface area contributed by atoms with Gasteiger partial charge in [0.05, 0.1) is 17.6 Å². The molecule has 2 heterocycles. The maximum Gasteiger partial charge on any atom is 0.242 e. The molecular formula is C9H14N6O2S. The Bertz CT molecular complexity index is 588. The van der Waals surface area contributed by atoms with Crippen LogP contribution in [0.25, 0.3) is 0 Å². The van der Waals surface area contributed by atoms with Gasteiger partial charge in [0, 0.05) is 31.2 Å². The molecule has 0 amide bonds. The van der Waals surface area contributed by atoms with Crippen molar-refractivity contribution in [3.63, 3.8) is 0 Å². The highest BCUT2D eigenvalue weighted by molar-refractivity contribution is 7.89. The summed E-state index contributed by atoms with van der Waals surface area (Å²) in [5.41, 5.74) is 6.08. The van der Waals surface area contributed by atoms with Crippen LogP contribution < -0.4 is 10.5 Å². The van der Waals surface area contributed by atoms with Crippen LogP contribution in [0.4, 0.5) is 0 Å². The molecule has 2 aromatic heterocycles. The average molecular weight is 270 g/mol. The number of nitrogens with two attached hydrogens (primary N) is 1. The van der Waals surface area contributed by atoms with Crippen LogP contribution in [-0.4, -0.2) is 34.9 Å². The topological polar surface area (TPSA) is 119 Å². The molecule has 0 aromatic carbocycles. The van der Waals surface area contributed by atoms with Gasteiger partial charge < -0.3 is 10.7 Å². The fourth-order valence-electron chi connectivity index (χ4n) is 1.42. The zero-order valence-electron chi connectivity index (χ0n) is 9.57. The predicted molar refractivity (Wildman–Crippen MR) is 63.9 cm³/mol. The van der Waals surface area contributed by atoms with Crippen LogP contribution in [0.1, 0.15) is 5.69 Å². The number of hydrogen-bond donors (Lipinski definition) is 3. The average Bonchev–Trinajstić information content (AvgIpc) is 2.99. The van der Waals surface area contributed by atoms with Crippen molar-refractivity contribution in [1.82, 2.24) is 24.7 Å². The molecule has 0 unspecified atom stereocenters. The molecule has 0 atom stereocenters. The summed E-state index contributed by atoms with van der Waals surface area (Å²) in [5, 5.41) is 7.36. The monoisotopic (exact) mass is 270 g/mol. The third-order valence-corrected chi connectivity index (χ3v) is 3.79. The third kappa shape index (κ3) is 2.94. The van der Waals surface area contributed by atoms with Crippen molar-refractivity contribution in [3.05, 3.63) is 30.4 Å². The Morgan fingerprint density at radius 1 is 1.50 bits per heavy atom. The van der Waals surface area contributed by atoms with Crippen molar-refractivity contribution in [2.45, 2.75) is 18.0 Å². The molecule has 0 radical (unpaired) electrons. The van der Waals surface area contributed by atoms with Crippen LogP contribution in [0, 0.1) is 0 Å². The van der Waals surface area contributed by atoms with E-state index in [1.807, 2.05) is 0 Å². The number of aromatic amines is 1. The van der Waals surface area contributed by atoms with E-state index in [-0.39, 0.29) is 18.0 Å². The lowest BCUT2D eigenvalue weighted by Crippen LogP contribution is -2.27. The minimum absolute atomic E-state index is 0.182. The fourth-order valence-corrected chi connectivity index (χ4v) is 2.46. The molecule has 2 rings (SSSR count). The van der Waals surface area contributed by atoms with Gasteiger partial charge in [0.15, 0.2) is 0 Å². The van der Waals surface area contributed by atoms with Crippen LogP contribution >= 0.6 is 0 Å². The Labute approximate surface area is 104 Å². The molecule has 0 saturated heterocycles. The van der Waals surface area contributed by atoms with Crippen molar-refractivity contribution in [2.24, 2.45) is 5.73 Å². The first-order chi connectivity index (χ1) is 8.62. The molecule has 98 valence electrons. The van der Waals surface area contributed by atoms with Gasteiger partial charge in [0.25, 0.3) is 0 Å². The van der Waals surface area contributed by atoms with E-state index in [0.717, 1.165) is 0 Å². The van der Waals surface area contributed by atoms with Crippen LogP contribution in [0.5, 0.6) is 0 Å². The van der Waals surface area contributed by atoms with Gasteiger partial charge in [0.2, 0.25) is 10.0 Å². The quantitative estimate of drug-likeness (QED) is 0.625. The van der Waals surface area contributed by atoms with Crippen molar-refractivity contribution in [2.75, 3.05) is 6.54 Å². The minimum Gasteiger partial charge on any atom is -0.363 e. The SMILES string of the molecule is NCc1cc(S(=O)(=O)NCCn2ccnn2)c[nH]1. The molecule has 0 saturated carbocycles. The first-order valence-electron chi connectivity index (χ1n) is 5.33. The van der Waals surface area contributed by atoms with Gasteiger partial charge in [-0.1, -0.05) is 5.21 Å². The van der Waals surface area contributed by atoms with E-state index in [1.54, 1.807) is 10.9 Å². The van der Waals surface area contributed by atoms with E-state index >= 15 is 0 Å². The molecular weight excluding hydrogens is 256 g/mol. The van der Waals surface area contributed by atoms with E-state index in [4.69, 9.17) is 5.73 Å². The second-order valence-electron chi connectivity index (χ2n) is 3.63. The number of rotatable bonds is 6. The summed E-state index contributed by atoms with van der Waals surface area (Å²) in [7, 11) is -3.50. The van der Waals surface area contributed by atoms with Crippen LogP contribution in [0.2, 0.25) is 0 Å². The van der Waals surface area contributed by atoms with E-state index < -0.39 is 10.0 Å². The summed E-state index contributed by atoms with van der Waals surface area (Å²) < 4.78 is 27.8. The Morgan fingerprint density at radius 2 is 2.33 bits per heavy atom. The maximum atomic E-state index is 11.9. The zero-order valence-corrected chi connectivity index (χ0v) is 10.4. The number of nitrogens with zero attached hydrogens (tertiary/aromatic N) is 3. The molecule has 0 aliphatic heterocycles. The Hall–Kier alpha value is -1.71. The van der Waals surface area contributed by atoms with Gasteiger partial charge in [-0.3, -0.25) is 4.68 Å². The van der Waals surface area contributed by atoms with Gasteiger partial charge in [-0.15, -0.1) is 5.10 Å². The van der Waals surface area contributed by atoms with E-state index in [9.17, 15) is 8.42 Å². The predicted octanol–water partition coefficient (Wildman–Crippen LogP) is -0.957. The molecule has 0 fully saturated rings. The van der Waals surface area contributed by atoms with Crippen LogP contribution in [0.3, 0.4) is 0 Å². The van der Waals surface area contributed by atoms with E-state index in [2.05, 4.69) is 20.0 Å². The minimum atomic E-state index is -3.50. The maximum absolute atomic E-state index is 11.9. The molecule has 9 heteroatoms. The highest BCUT2D eigenvalue weighted by Gasteiger charge is 2.14. The van der Waals surface area contributed by atoms with Crippen molar-refractivity contribution in [1.29, 1.82) is 0 Å². The molecule has 0 spiro atoms. The standard InChI is InChI=1S/C9H14N6O2S/c10-6-8-5-9(7-11-8)18(16,17)13-2-4-15-3-1-12-14-15/h1,3,5,7,11,13H,2,4,6,10H2. The highest BCUT2D eigenvalue weighted by Crippen LogP contribution is 2.09. The molecule has 18 heavy (non-hydrogen) atoms. The molecule has 8 nitrogen and oxygen atoms in total. The summed E-state index contributed by atoms with van der Waals surface area (Å²) in [5.74, 6) is 0. The summed E-state index contributed by atoms with van der Waals surface area (Å²) in [6.45, 7) is 0.941. The van der Waals surface area contributed by atoms with Crippen molar-refractivity contribution < 1.29 is 8.42 Å². The Balaban J connectivity index is 1.95. The third-order valence-electron chi connectivity index (χ3n) is 2.35. The van der Waals surface area contributed by atoms with Gasteiger partial charge in [0.1, 0.15) is 0 Å². The first-order valence-corrected chi connectivity index (χ1v) is 6.81. The second kappa shape index (κ2) is 5.29. The molecule has 0 aliphatic carbocycles. The van der Waals surface area contributed by atoms with E-state index in [0.29, 0.717) is 12.2 Å². The summed E-state index contributed by atoms with van der Waals surface area (Å²) in [6.07, 6.45) is 4.62. The molecule has 2 aromatic rings. The second-order valence-corrected chi connectivity index (χ2v) is 5.40. The molecule has 0 bridgehead atoms. The van der Waals surface area contributed by atoms with Gasteiger partial charge in [-0.05, 0) is 6.07 Å². The zero-order chi connectivity index (χ0) is 13.0. The largest absolute Gasteiger partial charge is 0.363 e. The number of hydrogen-bond acceptors (Lipinski definition) is 5. The smallest absolute Gasteiger partial charge is 0.242 e. The van der Waals surface area contributed by atoms with Gasteiger partial charge in [-0.2, -0.15) is 0 Å². The van der Waals surface area contributed by atoms with E-state index in [1.165, 1.54) is 18.5 Å². The lowest BCUT2D eigenvalue weighted by molar-refractivity contribution is 0.553. The summed E-state index contributed by atoms with van der Waals surface area (Å²) in [4.78, 5) is 2.98. The number of H-pyrrole nitrogens is 1. The first kappa shape index (κ1) is 12.7. The molecule has 0 aliphatic rings. The number of nitrogens with one attached hydrogen (secondary N) is 2. The summed E-state index contributed by atoms with van der Waals surface area (Å²) in [6, 6.07) is 1.51. The summed E-state index contributed by atoms with van der Waals surface area (Å²) >= 11 is 0. The van der Waals surface area contributed by atoms with Gasteiger partial charge in [-0.25, -0.2) is 13.1 Å². The van der Waals surface area contributed by atoms with Crippen LogP contribution in [-0.2, 0) is 23.1 Å². The van der Waals surface area contributed by atoms with Crippen molar-refractivity contribution >= 4 is 10.0 Å². The lowest BCUT2D eigenvalue weighted by atomic mass is 10.4. The normalized spacial score (nSPS) is 11.8. The number of aromatic nitrogens is 4. The van der Waals surface area contributed by atoms with Crippen LogP contribution in [0.15, 0.2) is 29.6 Å². The lowest BCUT2D eigenvalue weighted by Gasteiger charge is -2.04.